The van der Waals surface area contributed by atoms with Crippen molar-refractivity contribution in [2.24, 2.45) is 7.05 Å². The van der Waals surface area contributed by atoms with Gasteiger partial charge in [-0.15, -0.1) is 0 Å². The van der Waals surface area contributed by atoms with E-state index in [9.17, 15) is 0 Å². The summed E-state index contributed by atoms with van der Waals surface area (Å²) in [5.74, 6) is 0.493. The number of aryl methyl sites for hydroxylation is 1. The molecule has 1 heterocycles. The number of aromatic nitrogens is 2. The third kappa shape index (κ3) is 4.21. The fourth-order valence-electron chi connectivity index (χ4n) is 2.27. The minimum Gasteiger partial charge on any atom is -0.314 e. The van der Waals surface area contributed by atoms with Crippen LogP contribution in [0.3, 0.4) is 0 Å². The van der Waals surface area contributed by atoms with Crippen LogP contribution in [0, 0.1) is 0 Å². The van der Waals surface area contributed by atoms with Crippen molar-refractivity contribution >= 4 is 0 Å². The van der Waals surface area contributed by atoms with Crippen LogP contribution in [-0.4, -0.2) is 22.4 Å². The van der Waals surface area contributed by atoms with Gasteiger partial charge in [0.15, 0.2) is 0 Å². The highest BCUT2D eigenvalue weighted by molar-refractivity contribution is 5.22. The molecule has 0 aliphatic heterocycles. The molecule has 0 fully saturated rings. The van der Waals surface area contributed by atoms with Gasteiger partial charge in [0.25, 0.3) is 0 Å². The normalized spacial score (nSPS) is 12.8. The lowest BCUT2D eigenvalue weighted by Gasteiger charge is -2.19. The molecule has 0 saturated carbocycles. The van der Waals surface area contributed by atoms with Crippen LogP contribution in [-0.2, 0) is 13.5 Å². The van der Waals surface area contributed by atoms with E-state index >= 15 is 0 Å². The summed E-state index contributed by atoms with van der Waals surface area (Å²) in [6.07, 6.45) is 5.09. The maximum absolute atomic E-state index is 4.25. The van der Waals surface area contributed by atoms with Gasteiger partial charge in [0, 0.05) is 31.7 Å². The van der Waals surface area contributed by atoms with E-state index in [1.807, 2.05) is 17.9 Å². The van der Waals surface area contributed by atoms with Crippen molar-refractivity contribution < 1.29 is 0 Å². The summed E-state index contributed by atoms with van der Waals surface area (Å²) < 4.78 is 1.87. The summed E-state index contributed by atoms with van der Waals surface area (Å²) in [5, 5.41) is 7.80. The Bertz CT molecular complexity index is 488. The minimum absolute atomic E-state index is 0.493. The molecule has 1 unspecified atom stereocenters. The molecule has 0 radical (unpaired) electrons. The predicted octanol–water partition coefficient (Wildman–Crippen LogP) is 2.74. The molecular weight excluding hydrogens is 234 g/mol. The quantitative estimate of drug-likeness (QED) is 0.862. The SMILES string of the molecule is CC(C)NCC(Cc1cnn(C)c1)c1ccccc1. The van der Waals surface area contributed by atoms with Gasteiger partial charge in [-0.05, 0) is 17.5 Å². The fourth-order valence-corrected chi connectivity index (χ4v) is 2.27. The highest BCUT2D eigenvalue weighted by Crippen LogP contribution is 2.20. The van der Waals surface area contributed by atoms with Crippen molar-refractivity contribution in [2.75, 3.05) is 6.54 Å². The number of rotatable bonds is 6. The molecule has 2 aromatic rings. The molecule has 0 saturated heterocycles. The Kier molecular flexibility index (Phi) is 4.74. The Morgan fingerprint density at radius 1 is 1.21 bits per heavy atom. The van der Waals surface area contributed by atoms with Crippen LogP contribution in [0.15, 0.2) is 42.7 Å². The number of hydrogen-bond acceptors (Lipinski definition) is 2. The van der Waals surface area contributed by atoms with Gasteiger partial charge in [-0.25, -0.2) is 0 Å². The van der Waals surface area contributed by atoms with Crippen molar-refractivity contribution in [3.8, 4) is 0 Å². The van der Waals surface area contributed by atoms with Crippen LogP contribution in [0.5, 0.6) is 0 Å². The Morgan fingerprint density at radius 2 is 1.95 bits per heavy atom. The zero-order chi connectivity index (χ0) is 13.7. The van der Waals surface area contributed by atoms with Gasteiger partial charge >= 0.3 is 0 Å². The maximum Gasteiger partial charge on any atom is 0.0521 e. The fraction of sp³-hybridized carbons (Fsp3) is 0.438. The topological polar surface area (TPSA) is 29.9 Å². The molecule has 0 aliphatic carbocycles. The largest absolute Gasteiger partial charge is 0.314 e. The first-order valence-electron chi connectivity index (χ1n) is 6.91. The standard InChI is InChI=1S/C16H23N3/c1-13(2)17-11-16(15-7-5-4-6-8-15)9-14-10-18-19(3)12-14/h4-8,10,12-13,16-17H,9,11H2,1-3H3. The Balaban J connectivity index is 2.10. The molecule has 0 aliphatic rings. The third-order valence-electron chi connectivity index (χ3n) is 3.28. The average Bonchev–Trinajstić information content (AvgIpc) is 2.81. The molecule has 0 spiro atoms. The summed E-state index contributed by atoms with van der Waals surface area (Å²) in [6, 6.07) is 11.2. The molecule has 0 bridgehead atoms. The smallest absolute Gasteiger partial charge is 0.0521 e. The number of hydrogen-bond donors (Lipinski definition) is 1. The molecule has 1 aromatic carbocycles. The Morgan fingerprint density at radius 3 is 2.53 bits per heavy atom. The highest BCUT2D eigenvalue weighted by atomic mass is 15.2. The predicted molar refractivity (Wildman–Crippen MR) is 79.2 cm³/mol. The van der Waals surface area contributed by atoms with Crippen LogP contribution >= 0.6 is 0 Å². The number of nitrogens with one attached hydrogen (secondary N) is 1. The highest BCUT2D eigenvalue weighted by Gasteiger charge is 2.13. The van der Waals surface area contributed by atoms with Gasteiger partial charge in [-0.2, -0.15) is 5.10 Å². The van der Waals surface area contributed by atoms with Crippen molar-refractivity contribution in [3.05, 3.63) is 53.9 Å². The Hall–Kier alpha value is -1.61. The summed E-state index contributed by atoms with van der Waals surface area (Å²) in [6.45, 7) is 5.37. The summed E-state index contributed by atoms with van der Waals surface area (Å²) in [5.41, 5.74) is 2.68. The van der Waals surface area contributed by atoms with E-state index in [-0.39, 0.29) is 0 Å². The van der Waals surface area contributed by atoms with E-state index in [0.717, 1.165) is 13.0 Å². The van der Waals surface area contributed by atoms with E-state index in [0.29, 0.717) is 12.0 Å². The third-order valence-corrected chi connectivity index (χ3v) is 3.28. The molecule has 1 N–H and O–H groups in total. The first-order valence-corrected chi connectivity index (χ1v) is 6.91. The second-order valence-corrected chi connectivity index (χ2v) is 5.40. The Labute approximate surface area is 115 Å². The van der Waals surface area contributed by atoms with E-state index in [4.69, 9.17) is 0 Å². The molecule has 3 heteroatoms. The first-order chi connectivity index (χ1) is 9.15. The van der Waals surface area contributed by atoms with Crippen LogP contribution in [0.1, 0.15) is 30.9 Å². The van der Waals surface area contributed by atoms with Crippen molar-refractivity contribution in [1.29, 1.82) is 0 Å². The van der Waals surface area contributed by atoms with Gasteiger partial charge in [-0.3, -0.25) is 4.68 Å². The van der Waals surface area contributed by atoms with Gasteiger partial charge in [0.2, 0.25) is 0 Å². The van der Waals surface area contributed by atoms with E-state index < -0.39 is 0 Å². The number of nitrogens with zero attached hydrogens (tertiary/aromatic N) is 2. The van der Waals surface area contributed by atoms with Gasteiger partial charge in [-0.1, -0.05) is 44.2 Å². The van der Waals surface area contributed by atoms with E-state index in [2.05, 4.69) is 60.8 Å². The van der Waals surface area contributed by atoms with Gasteiger partial charge < -0.3 is 5.32 Å². The molecule has 19 heavy (non-hydrogen) atoms. The average molecular weight is 257 g/mol. The lowest BCUT2D eigenvalue weighted by Crippen LogP contribution is -2.28. The van der Waals surface area contributed by atoms with Gasteiger partial charge in [0.1, 0.15) is 0 Å². The van der Waals surface area contributed by atoms with Crippen LogP contribution in [0.2, 0.25) is 0 Å². The summed E-state index contributed by atoms with van der Waals surface area (Å²) in [4.78, 5) is 0. The first kappa shape index (κ1) is 13.8. The van der Waals surface area contributed by atoms with Crippen LogP contribution < -0.4 is 5.32 Å². The summed E-state index contributed by atoms with van der Waals surface area (Å²) >= 11 is 0. The molecule has 102 valence electrons. The molecule has 1 aromatic heterocycles. The van der Waals surface area contributed by atoms with Crippen molar-refractivity contribution in [1.82, 2.24) is 15.1 Å². The second-order valence-electron chi connectivity index (χ2n) is 5.40. The molecule has 3 nitrogen and oxygen atoms in total. The van der Waals surface area contributed by atoms with E-state index in [1.54, 1.807) is 0 Å². The molecule has 0 amide bonds. The molecule has 1 atom stereocenters. The summed E-state index contributed by atoms with van der Waals surface area (Å²) in [7, 11) is 1.97. The lowest BCUT2D eigenvalue weighted by molar-refractivity contribution is 0.526. The zero-order valence-corrected chi connectivity index (χ0v) is 12.0. The number of benzene rings is 1. The minimum atomic E-state index is 0.493. The van der Waals surface area contributed by atoms with Crippen molar-refractivity contribution in [2.45, 2.75) is 32.2 Å². The monoisotopic (exact) mass is 257 g/mol. The molecular formula is C16H23N3. The second kappa shape index (κ2) is 6.53. The van der Waals surface area contributed by atoms with Crippen LogP contribution in [0.4, 0.5) is 0 Å². The van der Waals surface area contributed by atoms with Crippen LogP contribution in [0.25, 0.3) is 0 Å². The van der Waals surface area contributed by atoms with E-state index in [1.165, 1.54) is 11.1 Å². The molecule has 2 rings (SSSR count). The van der Waals surface area contributed by atoms with Crippen molar-refractivity contribution in [3.63, 3.8) is 0 Å². The maximum atomic E-state index is 4.25. The zero-order valence-electron chi connectivity index (χ0n) is 12.0. The lowest BCUT2D eigenvalue weighted by atomic mass is 9.93. The van der Waals surface area contributed by atoms with Gasteiger partial charge in [0.05, 0.1) is 6.20 Å².